The zero-order valence-electron chi connectivity index (χ0n) is 13.8. The van der Waals surface area contributed by atoms with Gasteiger partial charge in [0.15, 0.2) is 11.8 Å². The summed E-state index contributed by atoms with van der Waals surface area (Å²) in [4.78, 5) is 27.7. The number of carbonyl (C=O) groups is 2. The average molecular weight is 358 g/mol. The molecule has 136 valence electrons. The molecule has 0 radical (unpaired) electrons. The van der Waals surface area contributed by atoms with Crippen LogP contribution in [0.1, 0.15) is 37.2 Å². The van der Waals surface area contributed by atoms with Gasteiger partial charge >= 0.3 is 12.1 Å². The van der Waals surface area contributed by atoms with Crippen LogP contribution in [0.5, 0.6) is 0 Å². The molecular formula is C15H17F3N4O3. The number of esters is 1. The molecule has 2 heterocycles. The lowest BCUT2D eigenvalue weighted by molar-refractivity contribution is -0.143. The van der Waals surface area contributed by atoms with Gasteiger partial charge in [-0.15, -0.1) is 0 Å². The molecule has 0 fully saturated rings. The number of nitrogens with one attached hydrogen (secondary N) is 1. The van der Waals surface area contributed by atoms with E-state index >= 15 is 0 Å². The summed E-state index contributed by atoms with van der Waals surface area (Å²) >= 11 is 0. The van der Waals surface area contributed by atoms with Crippen LogP contribution in [-0.4, -0.2) is 45.5 Å². The minimum atomic E-state index is -4.54. The zero-order chi connectivity index (χ0) is 18.8. The van der Waals surface area contributed by atoms with Crippen molar-refractivity contribution in [2.75, 3.05) is 6.54 Å². The van der Waals surface area contributed by atoms with Crippen LogP contribution in [0.15, 0.2) is 18.5 Å². The van der Waals surface area contributed by atoms with Crippen LogP contribution in [0.4, 0.5) is 13.2 Å². The summed E-state index contributed by atoms with van der Waals surface area (Å²) in [5.41, 5.74) is 0.661. The minimum Gasteiger partial charge on any atom is -0.449 e. The van der Waals surface area contributed by atoms with Crippen molar-refractivity contribution in [3.63, 3.8) is 0 Å². The van der Waals surface area contributed by atoms with Gasteiger partial charge < -0.3 is 10.1 Å². The number of nitrogens with zero attached hydrogens (tertiary/aromatic N) is 3. The molecule has 0 spiro atoms. The standard InChI is InChI=1S/C15H17F3N4O3/c1-8(2)22-12-10(6-21-22)4-11(5-19-12)14(24)25-9(3)13(23)20-7-15(16,17)18/h4-6,8-9H,7H2,1-3H3,(H,20,23). The van der Waals surface area contributed by atoms with Gasteiger partial charge in [-0.3, -0.25) is 4.79 Å². The van der Waals surface area contributed by atoms with Gasteiger partial charge in [-0.25, -0.2) is 14.5 Å². The third-order valence-corrected chi connectivity index (χ3v) is 3.27. The molecule has 10 heteroatoms. The van der Waals surface area contributed by atoms with E-state index in [4.69, 9.17) is 4.74 Å². The second-order valence-corrected chi connectivity index (χ2v) is 5.70. The molecule has 7 nitrogen and oxygen atoms in total. The van der Waals surface area contributed by atoms with Crippen LogP contribution >= 0.6 is 0 Å². The van der Waals surface area contributed by atoms with Crippen molar-refractivity contribution >= 4 is 22.9 Å². The monoisotopic (exact) mass is 358 g/mol. The molecule has 0 aliphatic heterocycles. The van der Waals surface area contributed by atoms with Crippen molar-refractivity contribution in [3.05, 3.63) is 24.0 Å². The number of halogens is 3. The summed E-state index contributed by atoms with van der Waals surface area (Å²) in [6, 6.07) is 1.58. The number of aromatic nitrogens is 3. The maximum absolute atomic E-state index is 12.1. The molecule has 0 saturated heterocycles. The molecule has 2 aromatic heterocycles. The van der Waals surface area contributed by atoms with E-state index in [9.17, 15) is 22.8 Å². The lowest BCUT2D eigenvalue weighted by Crippen LogP contribution is -2.40. The lowest BCUT2D eigenvalue weighted by Gasteiger charge is -2.14. The van der Waals surface area contributed by atoms with Gasteiger partial charge in [0.1, 0.15) is 6.54 Å². The summed E-state index contributed by atoms with van der Waals surface area (Å²) in [6.45, 7) is 3.55. The first-order valence-corrected chi connectivity index (χ1v) is 7.47. The number of alkyl halides is 3. The smallest absolute Gasteiger partial charge is 0.405 e. The van der Waals surface area contributed by atoms with E-state index in [-0.39, 0.29) is 11.6 Å². The molecule has 2 aromatic rings. The summed E-state index contributed by atoms with van der Waals surface area (Å²) in [5.74, 6) is -1.89. The van der Waals surface area contributed by atoms with E-state index in [1.54, 1.807) is 16.2 Å². The molecule has 0 saturated carbocycles. The highest BCUT2D eigenvalue weighted by Crippen LogP contribution is 2.17. The number of amides is 1. The molecule has 0 bridgehead atoms. The Bertz CT molecular complexity index is 786. The first-order chi connectivity index (χ1) is 11.6. The van der Waals surface area contributed by atoms with Gasteiger partial charge in [-0.1, -0.05) is 0 Å². The highest BCUT2D eigenvalue weighted by atomic mass is 19.4. The van der Waals surface area contributed by atoms with E-state index in [2.05, 4.69) is 10.1 Å². The van der Waals surface area contributed by atoms with Gasteiger partial charge in [-0.05, 0) is 26.8 Å². The van der Waals surface area contributed by atoms with Crippen LogP contribution in [0.3, 0.4) is 0 Å². The molecule has 1 unspecified atom stereocenters. The van der Waals surface area contributed by atoms with E-state index in [0.29, 0.717) is 11.0 Å². The highest BCUT2D eigenvalue weighted by molar-refractivity contribution is 5.94. The van der Waals surface area contributed by atoms with Crippen molar-refractivity contribution in [1.29, 1.82) is 0 Å². The van der Waals surface area contributed by atoms with Crippen molar-refractivity contribution in [2.24, 2.45) is 0 Å². The average Bonchev–Trinajstić information content (AvgIpc) is 2.94. The van der Waals surface area contributed by atoms with Crippen LogP contribution < -0.4 is 5.32 Å². The predicted octanol–water partition coefficient (Wildman–Crippen LogP) is 2.24. The Morgan fingerprint density at radius 3 is 2.56 bits per heavy atom. The normalized spacial score (nSPS) is 13.1. The number of hydrogen-bond donors (Lipinski definition) is 1. The Labute approximate surface area is 141 Å². The number of rotatable bonds is 5. The fourth-order valence-corrected chi connectivity index (χ4v) is 2.04. The first kappa shape index (κ1) is 18.7. The summed E-state index contributed by atoms with van der Waals surface area (Å²) in [6.07, 6.45) is -3.10. The Morgan fingerprint density at radius 1 is 1.28 bits per heavy atom. The SMILES string of the molecule is CC(OC(=O)c1cnc2c(cnn2C(C)C)c1)C(=O)NCC(F)(F)F. The molecule has 25 heavy (non-hydrogen) atoms. The maximum atomic E-state index is 12.1. The second kappa shape index (κ2) is 7.08. The number of pyridine rings is 1. The van der Waals surface area contributed by atoms with Crippen LogP contribution in [0.25, 0.3) is 11.0 Å². The molecule has 1 amide bonds. The van der Waals surface area contributed by atoms with Crippen LogP contribution in [0, 0.1) is 0 Å². The number of carbonyl (C=O) groups excluding carboxylic acids is 2. The molecule has 0 aromatic carbocycles. The molecule has 0 aliphatic rings. The van der Waals surface area contributed by atoms with Crippen molar-refractivity contribution < 1.29 is 27.5 Å². The van der Waals surface area contributed by atoms with Crippen molar-refractivity contribution in [1.82, 2.24) is 20.1 Å². The topological polar surface area (TPSA) is 86.1 Å². The van der Waals surface area contributed by atoms with Gasteiger partial charge in [-0.2, -0.15) is 18.3 Å². The van der Waals surface area contributed by atoms with E-state index in [1.807, 2.05) is 13.8 Å². The van der Waals surface area contributed by atoms with E-state index in [1.165, 1.54) is 19.2 Å². The number of fused-ring (bicyclic) bond motifs is 1. The molecule has 0 aliphatic carbocycles. The maximum Gasteiger partial charge on any atom is 0.405 e. The fourth-order valence-electron chi connectivity index (χ4n) is 2.04. The molecule has 1 N–H and O–H groups in total. The Morgan fingerprint density at radius 2 is 1.96 bits per heavy atom. The Balaban J connectivity index is 2.05. The Kier molecular flexibility index (Phi) is 5.29. The van der Waals surface area contributed by atoms with Gasteiger partial charge in [0.2, 0.25) is 0 Å². The number of ether oxygens (including phenoxy) is 1. The molecule has 1 atom stereocenters. The third-order valence-electron chi connectivity index (χ3n) is 3.27. The quantitative estimate of drug-likeness (QED) is 0.829. The van der Waals surface area contributed by atoms with E-state index < -0.39 is 30.7 Å². The zero-order valence-corrected chi connectivity index (χ0v) is 13.8. The summed E-state index contributed by atoms with van der Waals surface area (Å²) in [5, 5.41) is 6.43. The summed E-state index contributed by atoms with van der Waals surface area (Å²) in [7, 11) is 0. The predicted molar refractivity (Wildman–Crippen MR) is 81.9 cm³/mol. The first-order valence-electron chi connectivity index (χ1n) is 7.47. The summed E-state index contributed by atoms with van der Waals surface area (Å²) < 4.78 is 42.8. The van der Waals surface area contributed by atoms with E-state index in [0.717, 1.165) is 0 Å². The largest absolute Gasteiger partial charge is 0.449 e. The molecule has 2 rings (SSSR count). The number of hydrogen-bond acceptors (Lipinski definition) is 5. The molecular weight excluding hydrogens is 341 g/mol. The Hall–Kier alpha value is -2.65. The second-order valence-electron chi connectivity index (χ2n) is 5.70. The van der Waals surface area contributed by atoms with Gasteiger partial charge in [0.25, 0.3) is 5.91 Å². The highest BCUT2D eigenvalue weighted by Gasteiger charge is 2.29. The minimum absolute atomic E-state index is 0.0753. The van der Waals surface area contributed by atoms with Crippen molar-refractivity contribution in [2.45, 2.75) is 39.1 Å². The van der Waals surface area contributed by atoms with Gasteiger partial charge in [0.05, 0.1) is 11.8 Å². The van der Waals surface area contributed by atoms with Crippen LogP contribution in [-0.2, 0) is 9.53 Å². The fraction of sp³-hybridized carbons (Fsp3) is 0.467. The van der Waals surface area contributed by atoms with Crippen LogP contribution in [0.2, 0.25) is 0 Å². The lowest BCUT2D eigenvalue weighted by atomic mass is 10.2. The van der Waals surface area contributed by atoms with Crippen molar-refractivity contribution in [3.8, 4) is 0 Å². The third kappa shape index (κ3) is 4.68. The van der Waals surface area contributed by atoms with Gasteiger partial charge in [0, 0.05) is 17.6 Å².